The van der Waals surface area contributed by atoms with Crippen LogP contribution in [0.4, 0.5) is 0 Å². The quantitative estimate of drug-likeness (QED) is 0.812. The molecule has 0 saturated carbocycles. The van der Waals surface area contributed by atoms with Crippen molar-refractivity contribution in [2.75, 3.05) is 27.3 Å². The number of fused-ring (bicyclic) bond motifs is 3. The van der Waals surface area contributed by atoms with Crippen molar-refractivity contribution in [3.63, 3.8) is 0 Å². The minimum absolute atomic E-state index is 0.0729. The van der Waals surface area contributed by atoms with Gasteiger partial charge in [0.05, 0.1) is 30.7 Å². The Kier molecular flexibility index (Phi) is 3.17. The van der Waals surface area contributed by atoms with E-state index in [1.807, 2.05) is 24.3 Å². The number of allylic oxidation sites excluding steroid dienone is 5. The molecule has 1 aromatic rings. The predicted octanol–water partition coefficient (Wildman–Crippen LogP) is 1.46. The summed E-state index contributed by atoms with van der Waals surface area (Å²) in [7, 11) is 3.23. The highest BCUT2D eigenvalue weighted by atomic mass is 16.5. The van der Waals surface area contributed by atoms with E-state index in [0.29, 0.717) is 18.7 Å². The monoisotopic (exact) mass is 348 g/mol. The second kappa shape index (κ2) is 5.34. The fourth-order valence-electron chi connectivity index (χ4n) is 4.53. The number of methoxy groups -OCH3 is 2. The molecule has 4 aliphatic rings. The molecule has 0 aromatic heterocycles. The van der Waals surface area contributed by atoms with E-state index in [0.717, 1.165) is 29.8 Å². The van der Waals surface area contributed by atoms with E-state index in [2.05, 4.69) is 11.0 Å². The van der Waals surface area contributed by atoms with E-state index in [4.69, 9.17) is 14.5 Å². The molecule has 0 amide bonds. The number of benzene rings is 1. The highest BCUT2D eigenvalue weighted by Gasteiger charge is 2.49. The lowest BCUT2D eigenvalue weighted by Gasteiger charge is -2.28. The minimum atomic E-state index is -0.528. The Morgan fingerprint density at radius 1 is 1.23 bits per heavy atom. The number of hydrogen-bond donors (Lipinski definition) is 0. The molecule has 1 atom stereocenters. The first-order valence-corrected chi connectivity index (χ1v) is 8.88. The molecular weight excluding hydrogens is 328 g/mol. The van der Waals surface area contributed by atoms with Crippen molar-refractivity contribution in [3.05, 3.63) is 64.2 Å². The van der Waals surface area contributed by atoms with Crippen LogP contribution in [0, 0.1) is 5.41 Å². The van der Waals surface area contributed by atoms with Crippen molar-refractivity contribution < 1.29 is 14.3 Å². The fourth-order valence-corrected chi connectivity index (χ4v) is 4.53. The highest BCUT2D eigenvalue weighted by Crippen LogP contribution is 2.47. The smallest absolute Gasteiger partial charge is 0.209 e. The maximum atomic E-state index is 13.0. The lowest BCUT2D eigenvalue weighted by molar-refractivity contribution is -0.125. The Labute approximate surface area is 151 Å². The number of rotatable bonds is 2. The van der Waals surface area contributed by atoms with Gasteiger partial charge < -0.3 is 14.4 Å². The summed E-state index contributed by atoms with van der Waals surface area (Å²) in [5.74, 6) is 1.33. The van der Waals surface area contributed by atoms with Gasteiger partial charge in [-0.05, 0) is 30.2 Å². The van der Waals surface area contributed by atoms with Gasteiger partial charge in [0.15, 0.2) is 5.76 Å². The summed E-state index contributed by atoms with van der Waals surface area (Å²) in [6.07, 6.45) is 7.36. The Morgan fingerprint density at radius 2 is 2.12 bits per heavy atom. The second-order valence-electron chi connectivity index (χ2n) is 7.20. The van der Waals surface area contributed by atoms with Crippen molar-refractivity contribution in [2.45, 2.75) is 12.8 Å². The first-order chi connectivity index (χ1) is 12.6. The molecule has 1 saturated heterocycles. The first kappa shape index (κ1) is 15.4. The molecule has 1 spiro atoms. The van der Waals surface area contributed by atoms with Crippen LogP contribution in [0.5, 0.6) is 5.75 Å². The fraction of sp³-hybridized carbons (Fsp3) is 0.333. The standard InChI is InChI=1S/C21H20N2O3/c1-25-13-5-6-14-15-7-9-23-12-21(8-3-4-18(26-2)20(21)24)11-17(23)19(15)22-16(14)10-13/h3-6,8,10H,7,9,11-12H2,1-2H3. The molecule has 1 unspecified atom stereocenters. The maximum Gasteiger partial charge on any atom is 0.209 e. The van der Waals surface area contributed by atoms with Crippen molar-refractivity contribution in [1.29, 1.82) is 0 Å². The van der Waals surface area contributed by atoms with Gasteiger partial charge in [0.2, 0.25) is 5.78 Å². The average Bonchev–Trinajstić information content (AvgIpc) is 3.22. The molecule has 1 aromatic carbocycles. The molecule has 0 bridgehead atoms. The average molecular weight is 348 g/mol. The van der Waals surface area contributed by atoms with Gasteiger partial charge in [0.1, 0.15) is 5.75 Å². The third-order valence-corrected chi connectivity index (χ3v) is 5.85. The first-order valence-electron chi connectivity index (χ1n) is 8.88. The zero-order valence-corrected chi connectivity index (χ0v) is 14.9. The van der Waals surface area contributed by atoms with Gasteiger partial charge in [-0.25, -0.2) is 4.99 Å². The van der Waals surface area contributed by atoms with E-state index in [9.17, 15) is 4.79 Å². The second-order valence-corrected chi connectivity index (χ2v) is 7.20. The molecule has 26 heavy (non-hydrogen) atoms. The highest BCUT2D eigenvalue weighted by molar-refractivity contribution is 6.02. The molecule has 1 fully saturated rings. The van der Waals surface area contributed by atoms with Crippen molar-refractivity contribution in [3.8, 4) is 5.75 Å². The third kappa shape index (κ3) is 1.97. The van der Waals surface area contributed by atoms with E-state index in [-0.39, 0.29) is 5.78 Å². The molecule has 5 rings (SSSR count). The van der Waals surface area contributed by atoms with Gasteiger partial charge in [0.25, 0.3) is 0 Å². The van der Waals surface area contributed by atoms with Crippen LogP contribution in [0.1, 0.15) is 12.8 Å². The Bertz CT molecular complexity index is 1050. The van der Waals surface area contributed by atoms with Crippen LogP contribution >= 0.6 is 0 Å². The van der Waals surface area contributed by atoms with Crippen molar-refractivity contribution in [2.24, 2.45) is 10.4 Å². The number of nitrogens with zero attached hydrogens (tertiary/aromatic N) is 2. The van der Waals surface area contributed by atoms with Crippen molar-refractivity contribution >= 4 is 11.4 Å². The molecule has 3 heterocycles. The summed E-state index contributed by atoms with van der Waals surface area (Å²) in [6.45, 7) is 1.62. The van der Waals surface area contributed by atoms with Gasteiger partial charge in [-0.3, -0.25) is 4.79 Å². The van der Waals surface area contributed by atoms with Gasteiger partial charge in [-0.2, -0.15) is 0 Å². The normalized spacial score (nSPS) is 25.8. The molecule has 0 N–H and O–H groups in total. The summed E-state index contributed by atoms with van der Waals surface area (Å²) in [4.78, 5) is 20.2. The number of ether oxygens (including phenoxy) is 2. The van der Waals surface area contributed by atoms with E-state index in [1.165, 1.54) is 16.5 Å². The SMILES string of the molecule is COC1=CC=CC2(CC3=C4N=c5cc(OC)ccc5=C4CCN3C2)C1=O. The van der Waals surface area contributed by atoms with Crippen LogP contribution in [0.2, 0.25) is 0 Å². The van der Waals surface area contributed by atoms with E-state index < -0.39 is 5.41 Å². The van der Waals surface area contributed by atoms with Gasteiger partial charge in [0, 0.05) is 36.5 Å². The molecular formula is C21H20N2O3. The van der Waals surface area contributed by atoms with Gasteiger partial charge in [-0.1, -0.05) is 12.2 Å². The Balaban J connectivity index is 1.62. The number of Topliss-reactive ketones (excluding diaryl/α,β-unsaturated/α-hetero) is 1. The summed E-state index contributed by atoms with van der Waals surface area (Å²) < 4.78 is 10.6. The number of carbonyl (C=O) groups excluding carboxylic acids is 1. The summed E-state index contributed by atoms with van der Waals surface area (Å²) in [5, 5.41) is 2.16. The van der Waals surface area contributed by atoms with Crippen LogP contribution in [0.3, 0.4) is 0 Å². The van der Waals surface area contributed by atoms with Crippen LogP contribution in [-0.2, 0) is 9.53 Å². The zero-order chi connectivity index (χ0) is 17.9. The molecule has 5 heteroatoms. The van der Waals surface area contributed by atoms with Gasteiger partial charge >= 0.3 is 0 Å². The predicted molar refractivity (Wildman–Crippen MR) is 96.7 cm³/mol. The summed E-state index contributed by atoms with van der Waals surface area (Å²) >= 11 is 0. The van der Waals surface area contributed by atoms with E-state index in [1.54, 1.807) is 20.3 Å². The molecule has 0 radical (unpaired) electrons. The van der Waals surface area contributed by atoms with Crippen LogP contribution in [-0.4, -0.2) is 38.0 Å². The number of carbonyl (C=O) groups is 1. The summed E-state index contributed by atoms with van der Waals surface area (Å²) in [6, 6.07) is 6.07. The topological polar surface area (TPSA) is 51.1 Å². The van der Waals surface area contributed by atoms with Crippen LogP contribution in [0.15, 0.2) is 58.6 Å². The third-order valence-electron chi connectivity index (χ3n) is 5.85. The molecule has 3 aliphatic heterocycles. The summed E-state index contributed by atoms with van der Waals surface area (Å²) in [5.41, 5.74) is 2.99. The lowest BCUT2D eigenvalue weighted by atomic mass is 9.78. The van der Waals surface area contributed by atoms with Crippen LogP contribution in [0.25, 0.3) is 5.57 Å². The largest absolute Gasteiger partial charge is 0.497 e. The van der Waals surface area contributed by atoms with Crippen molar-refractivity contribution in [1.82, 2.24) is 4.90 Å². The molecule has 5 nitrogen and oxygen atoms in total. The maximum absolute atomic E-state index is 13.0. The molecule has 1 aliphatic carbocycles. The van der Waals surface area contributed by atoms with E-state index >= 15 is 0 Å². The number of ketones is 1. The Morgan fingerprint density at radius 3 is 2.92 bits per heavy atom. The minimum Gasteiger partial charge on any atom is -0.497 e. The van der Waals surface area contributed by atoms with Gasteiger partial charge in [-0.15, -0.1) is 0 Å². The molecule has 132 valence electrons. The van der Waals surface area contributed by atoms with Crippen LogP contribution < -0.4 is 15.3 Å². The zero-order valence-electron chi connectivity index (χ0n) is 14.9. The Hall–Kier alpha value is -2.82. The number of hydrogen-bond acceptors (Lipinski definition) is 5. The lowest BCUT2D eigenvalue weighted by Crippen LogP contribution is -2.36.